The Morgan fingerprint density at radius 2 is 1.92 bits per heavy atom. The number of piperidine rings is 1. The van der Waals surface area contributed by atoms with Crippen LogP contribution >= 0.6 is 0 Å². The van der Waals surface area contributed by atoms with Gasteiger partial charge in [-0.3, -0.25) is 19.4 Å². The molecular weight excluding hydrogens is 491 g/mol. The van der Waals surface area contributed by atoms with Gasteiger partial charge in [-0.05, 0) is 29.2 Å². The molecule has 0 spiro atoms. The Hall–Kier alpha value is -3.82. The zero-order valence-corrected chi connectivity index (χ0v) is 20.6. The van der Waals surface area contributed by atoms with Crippen molar-refractivity contribution in [2.45, 2.75) is 52.0 Å². The number of amides is 3. The number of pyridine rings is 1. The highest BCUT2D eigenvalue weighted by Gasteiger charge is 2.69. The Morgan fingerprint density at radius 3 is 2.54 bits per heavy atom. The average Bonchev–Trinajstić information content (AvgIpc) is 3.17. The summed E-state index contributed by atoms with van der Waals surface area (Å²) in [6.07, 6.45) is -0.633. The molecular formula is C24H26F3N7O3. The summed E-state index contributed by atoms with van der Waals surface area (Å²) >= 11 is 0. The molecule has 1 aliphatic carbocycles. The Morgan fingerprint density at radius 1 is 1.22 bits per heavy atom. The van der Waals surface area contributed by atoms with Gasteiger partial charge in [-0.25, -0.2) is 0 Å². The Kier molecular flexibility index (Phi) is 6.56. The highest BCUT2D eigenvalue weighted by Crippen LogP contribution is 2.65. The normalized spacial score (nSPS) is 23.6. The third-order valence-corrected chi connectivity index (χ3v) is 7.42. The number of carbonyl (C=O) groups is 3. The maximum absolute atomic E-state index is 13.6. The lowest BCUT2D eigenvalue weighted by Crippen LogP contribution is -2.58. The number of rotatable bonds is 6. The van der Waals surface area contributed by atoms with Crippen LogP contribution in [0.4, 0.5) is 13.2 Å². The highest BCUT2D eigenvalue weighted by molar-refractivity contribution is 5.95. The van der Waals surface area contributed by atoms with E-state index >= 15 is 0 Å². The minimum Gasteiger partial charge on any atom is -0.336 e. The van der Waals surface area contributed by atoms with Gasteiger partial charge in [0.1, 0.15) is 17.8 Å². The second-order valence-electron chi connectivity index (χ2n) is 10.3. The largest absolute Gasteiger partial charge is 0.471 e. The smallest absolute Gasteiger partial charge is 0.336 e. The SMILES string of the molecule is CC(C)C(NC(=O)C(F)(F)F)C(=O)N1C[C@H]2[C@@H]([C@H]1C(=O)NC(C#N)c1nncc3cnccc13)C2(C)C. The first-order valence-corrected chi connectivity index (χ1v) is 11.7. The van der Waals surface area contributed by atoms with E-state index in [0.717, 1.165) is 0 Å². The van der Waals surface area contributed by atoms with Gasteiger partial charge in [-0.15, -0.1) is 0 Å². The summed E-state index contributed by atoms with van der Waals surface area (Å²) in [6, 6.07) is -0.0701. The Bertz CT molecular complexity index is 1290. The van der Waals surface area contributed by atoms with Gasteiger partial charge in [-0.1, -0.05) is 27.7 Å². The molecule has 3 amide bonds. The van der Waals surface area contributed by atoms with Crippen LogP contribution < -0.4 is 10.6 Å². The van der Waals surface area contributed by atoms with E-state index in [1.807, 2.05) is 19.9 Å². The van der Waals surface area contributed by atoms with Crippen molar-refractivity contribution in [3.05, 3.63) is 30.4 Å². The van der Waals surface area contributed by atoms with Crippen LogP contribution in [0.5, 0.6) is 0 Å². The van der Waals surface area contributed by atoms with Crippen molar-refractivity contribution in [1.82, 2.24) is 30.7 Å². The fourth-order valence-electron chi connectivity index (χ4n) is 5.28. The van der Waals surface area contributed by atoms with E-state index in [1.54, 1.807) is 17.6 Å². The molecule has 0 radical (unpaired) electrons. The van der Waals surface area contributed by atoms with E-state index in [-0.39, 0.29) is 29.5 Å². The molecule has 13 heteroatoms. The summed E-state index contributed by atoms with van der Waals surface area (Å²) in [7, 11) is 0. The number of halogens is 3. The quantitative estimate of drug-likeness (QED) is 0.596. The standard InChI is InChI=1S/C24H26F3N7O3/c1-11(2)17(32-22(37)24(25,26)27)21(36)34-10-14-16(23(14,3)4)19(34)20(35)31-15(7-28)18-13-5-6-29-8-12(13)9-30-33-18/h5-6,8-9,11,14-17,19H,10H2,1-4H3,(H,31,35)(H,32,37)/t14-,15?,16-,17?,19-/m0/s1. The van der Waals surface area contributed by atoms with Gasteiger partial charge in [0.2, 0.25) is 11.8 Å². The van der Waals surface area contributed by atoms with E-state index in [1.165, 1.54) is 31.1 Å². The second-order valence-corrected chi connectivity index (χ2v) is 10.3. The average molecular weight is 518 g/mol. The summed E-state index contributed by atoms with van der Waals surface area (Å²) in [5, 5.41) is 23.3. The molecule has 3 heterocycles. The van der Waals surface area contributed by atoms with Crippen molar-refractivity contribution in [3.63, 3.8) is 0 Å². The van der Waals surface area contributed by atoms with Crippen LogP contribution in [-0.4, -0.2) is 62.6 Å². The number of likely N-dealkylation sites (tertiary alicyclic amines) is 1. The number of hydrogen-bond donors (Lipinski definition) is 2. The summed E-state index contributed by atoms with van der Waals surface area (Å²) < 4.78 is 38.7. The van der Waals surface area contributed by atoms with E-state index in [9.17, 15) is 32.8 Å². The number of nitrogens with one attached hydrogen (secondary N) is 2. The van der Waals surface area contributed by atoms with E-state index in [2.05, 4.69) is 20.5 Å². The molecule has 37 heavy (non-hydrogen) atoms. The zero-order chi connectivity index (χ0) is 27.3. The van der Waals surface area contributed by atoms with Gasteiger partial charge in [0.15, 0.2) is 6.04 Å². The first-order chi connectivity index (χ1) is 17.3. The third-order valence-electron chi connectivity index (χ3n) is 7.42. The number of hydrogen-bond acceptors (Lipinski definition) is 7. The molecule has 2 aromatic rings. The number of aromatic nitrogens is 3. The summed E-state index contributed by atoms with van der Waals surface area (Å²) in [5.74, 6) is -4.61. The lowest BCUT2D eigenvalue weighted by molar-refractivity contribution is -0.175. The van der Waals surface area contributed by atoms with Crippen LogP contribution in [0.15, 0.2) is 24.7 Å². The molecule has 1 aliphatic heterocycles. The molecule has 2 aliphatic rings. The number of fused-ring (bicyclic) bond motifs is 2. The molecule has 5 atom stereocenters. The van der Waals surface area contributed by atoms with Crippen molar-refractivity contribution in [1.29, 1.82) is 5.26 Å². The molecule has 2 aromatic heterocycles. The molecule has 1 saturated heterocycles. The molecule has 2 unspecified atom stereocenters. The van der Waals surface area contributed by atoms with Crippen LogP contribution in [0.1, 0.15) is 39.4 Å². The number of alkyl halides is 3. The maximum atomic E-state index is 13.6. The van der Waals surface area contributed by atoms with Crippen molar-refractivity contribution in [2.24, 2.45) is 23.2 Å². The molecule has 4 rings (SSSR count). The predicted molar refractivity (Wildman–Crippen MR) is 123 cm³/mol. The van der Waals surface area contributed by atoms with Crippen molar-refractivity contribution in [3.8, 4) is 6.07 Å². The summed E-state index contributed by atoms with van der Waals surface area (Å²) in [6.45, 7) is 7.06. The minimum absolute atomic E-state index is 0.0534. The van der Waals surface area contributed by atoms with Crippen LogP contribution in [-0.2, 0) is 14.4 Å². The van der Waals surface area contributed by atoms with Gasteiger partial charge >= 0.3 is 12.1 Å². The van der Waals surface area contributed by atoms with Gasteiger partial charge < -0.3 is 15.5 Å². The minimum atomic E-state index is -5.16. The van der Waals surface area contributed by atoms with Crippen LogP contribution in [0, 0.1) is 34.5 Å². The lowest BCUT2D eigenvalue weighted by atomic mass is 9.97. The molecule has 1 saturated carbocycles. The fourth-order valence-corrected chi connectivity index (χ4v) is 5.28. The fraction of sp³-hybridized carbons (Fsp3) is 0.542. The van der Waals surface area contributed by atoms with Crippen LogP contribution in [0.2, 0.25) is 0 Å². The first kappa shape index (κ1) is 26.2. The summed E-state index contributed by atoms with van der Waals surface area (Å²) in [5.41, 5.74) is -0.0790. The van der Waals surface area contributed by atoms with Crippen molar-refractivity contribution < 1.29 is 27.6 Å². The molecule has 2 N–H and O–H groups in total. The Balaban J connectivity index is 1.61. The first-order valence-electron chi connectivity index (χ1n) is 11.7. The van der Waals surface area contributed by atoms with Crippen molar-refractivity contribution >= 4 is 28.5 Å². The van der Waals surface area contributed by atoms with E-state index < -0.39 is 47.9 Å². The molecule has 10 nitrogen and oxygen atoms in total. The number of carbonyl (C=O) groups excluding carboxylic acids is 3. The van der Waals surface area contributed by atoms with E-state index in [4.69, 9.17) is 0 Å². The molecule has 196 valence electrons. The second kappa shape index (κ2) is 9.24. The third kappa shape index (κ3) is 4.68. The van der Waals surface area contributed by atoms with Gasteiger partial charge in [0.25, 0.3) is 0 Å². The predicted octanol–water partition coefficient (Wildman–Crippen LogP) is 1.89. The zero-order valence-electron chi connectivity index (χ0n) is 20.6. The van der Waals surface area contributed by atoms with Crippen LogP contribution in [0.3, 0.4) is 0 Å². The molecule has 0 aromatic carbocycles. The topological polar surface area (TPSA) is 141 Å². The van der Waals surface area contributed by atoms with Crippen molar-refractivity contribution in [2.75, 3.05) is 6.54 Å². The lowest BCUT2D eigenvalue weighted by Gasteiger charge is -2.34. The Labute approximate surface area is 210 Å². The van der Waals surface area contributed by atoms with Gasteiger partial charge in [0.05, 0.1) is 12.3 Å². The maximum Gasteiger partial charge on any atom is 0.471 e. The van der Waals surface area contributed by atoms with Crippen LogP contribution in [0.25, 0.3) is 10.8 Å². The number of nitriles is 1. The monoisotopic (exact) mass is 517 g/mol. The van der Waals surface area contributed by atoms with E-state index in [0.29, 0.717) is 10.8 Å². The highest BCUT2D eigenvalue weighted by atomic mass is 19.4. The summed E-state index contributed by atoms with van der Waals surface area (Å²) in [4.78, 5) is 43.8. The van der Waals surface area contributed by atoms with Gasteiger partial charge in [-0.2, -0.15) is 28.6 Å². The van der Waals surface area contributed by atoms with Gasteiger partial charge in [0, 0.05) is 29.7 Å². The number of nitrogens with zero attached hydrogens (tertiary/aromatic N) is 5. The molecule has 0 bridgehead atoms. The molecule has 2 fully saturated rings.